The van der Waals surface area contributed by atoms with Gasteiger partial charge in [-0.05, 0) is 23.8 Å². The molecule has 7 nitrogen and oxygen atoms in total. The minimum Gasteiger partial charge on any atom is -0.497 e. The summed E-state index contributed by atoms with van der Waals surface area (Å²) in [6.07, 6.45) is 0. The molecular weight excluding hydrogens is 338 g/mol. The van der Waals surface area contributed by atoms with Crippen molar-refractivity contribution < 1.29 is 28.5 Å². The summed E-state index contributed by atoms with van der Waals surface area (Å²) >= 11 is 0. The first-order valence-corrected chi connectivity index (χ1v) is 7.77. The Morgan fingerprint density at radius 1 is 1.08 bits per heavy atom. The summed E-state index contributed by atoms with van der Waals surface area (Å²) in [4.78, 5) is 13.1. The van der Waals surface area contributed by atoms with Gasteiger partial charge in [0.2, 0.25) is 18.3 Å². The summed E-state index contributed by atoms with van der Waals surface area (Å²) in [7, 11) is 4.41. The van der Waals surface area contributed by atoms with Crippen molar-refractivity contribution in [1.29, 1.82) is 5.26 Å². The lowest BCUT2D eigenvalue weighted by molar-refractivity contribution is 0.0975. The summed E-state index contributed by atoms with van der Waals surface area (Å²) in [5.41, 5.74) is 0.743. The van der Waals surface area contributed by atoms with E-state index in [1.165, 1.54) is 20.3 Å². The number of fused-ring (bicyclic) bond motifs is 1. The van der Waals surface area contributed by atoms with Gasteiger partial charge in [0, 0.05) is 0 Å². The van der Waals surface area contributed by atoms with Gasteiger partial charge in [-0.1, -0.05) is 12.1 Å². The zero-order chi connectivity index (χ0) is 18.7. The molecule has 7 heteroatoms. The van der Waals surface area contributed by atoms with Crippen LogP contribution in [0.15, 0.2) is 30.3 Å². The Morgan fingerprint density at radius 3 is 2.35 bits per heavy atom. The van der Waals surface area contributed by atoms with Crippen LogP contribution in [0.25, 0.3) is 0 Å². The molecule has 0 radical (unpaired) electrons. The van der Waals surface area contributed by atoms with Crippen molar-refractivity contribution in [1.82, 2.24) is 0 Å². The third-order valence-corrected chi connectivity index (χ3v) is 4.09. The van der Waals surface area contributed by atoms with Crippen LogP contribution in [-0.4, -0.2) is 33.9 Å². The van der Waals surface area contributed by atoms with Crippen molar-refractivity contribution in [3.05, 3.63) is 41.5 Å². The fraction of sp³-hybridized carbons (Fsp3) is 0.263. The Kier molecular flexibility index (Phi) is 4.85. The molecule has 1 heterocycles. The number of methoxy groups -OCH3 is 3. The maximum absolute atomic E-state index is 13.1. The number of nitriles is 1. The Bertz CT molecular complexity index is 869. The van der Waals surface area contributed by atoms with Crippen LogP contribution in [0, 0.1) is 11.3 Å². The Morgan fingerprint density at radius 2 is 1.77 bits per heavy atom. The smallest absolute Gasteiger partial charge is 0.231 e. The molecule has 0 saturated heterocycles. The highest BCUT2D eigenvalue weighted by Crippen LogP contribution is 2.49. The molecule has 1 aliphatic heterocycles. The van der Waals surface area contributed by atoms with Gasteiger partial charge in [-0.25, -0.2) is 0 Å². The second-order valence-corrected chi connectivity index (χ2v) is 5.42. The molecule has 0 saturated carbocycles. The van der Waals surface area contributed by atoms with E-state index in [4.69, 9.17) is 23.7 Å². The normalized spacial score (nSPS) is 12.8. The Labute approximate surface area is 150 Å². The van der Waals surface area contributed by atoms with Gasteiger partial charge < -0.3 is 23.7 Å². The fourth-order valence-corrected chi connectivity index (χ4v) is 2.80. The van der Waals surface area contributed by atoms with E-state index >= 15 is 0 Å². The average molecular weight is 355 g/mol. The standard InChI is InChI=1S/C19H17NO6/c1-22-12-6-4-11(5-7-12)14(9-20)16(21)13-8-15-18(26-10-25-15)19(24-3)17(13)23-2/h4-8,14H,10H2,1-3H3. The molecule has 0 spiro atoms. The number of rotatable bonds is 6. The van der Waals surface area contributed by atoms with Crippen molar-refractivity contribution in [2.24, 2.45) is 0 Å². The zero-order valence-electron chi connectivity index (χ0n) is 14.6. The van der Waals surface area contributed by atoms with Gasteiger partial charge in [-0.15, -0.1) is 0 Å². The molecule has 1 unspecified atom stereocenters. The molecule has 0 aromatic heterocycles. The number of hydrogen-bond donors (Lipinski definition) is 0. The van der Waals surface area contributed by atoms with Gasteiger partial charge in [0.1, 0.15) is 11.7 Å². The van der Waals surface area contributed by atoms with Gasteiger partial charge in [0.05, 0.1) is 33.0 Å². The molecule has 134 valence electrons. The molecule has 0 fully saturated rings. The number of ketones is 1. The number of benzene rings is 2. The molecule has 0 amide bonds. The van der Waals surface area contributed by atoms with Gasteiger partial charge in [-0.3, -0.25) is 4.79 Å². The van der Waals surface area contributed by atoms with Gasteiger partial charge >= 0.3 is 0 Å². The fourth-order valence-electron chi connectivity index (χ4n) is 2.80. The van der Waals surface area contributed by atoms with E-state index in [1.807, 2.05) is 0 Å². The van der Waals surface area contributed by atoms with Gasteiger partial charge in [0.15, 0.2) is 17.3 Å². The molecule has 1 aliphatic rings. The maximum Gasteiger partial charge on any atom is 0.231 e. The lowest BCUT2D eigenvalue weighted by Crippen LogP contribution is -2.13. The van der Waals surface area contributed by atoms with Crippen molar-refractivity contribution in [3.8, 4) is 34.8 Å². The predicted molar refractivity (Wildman–Crippen MR) is 91.3 cm³/mol. The summed E-state index contributed by atoms with van der Waals surface area (Å²) in [5, 5.41) is 9.59. The van der Waals surface area contributed by atoms with E-state index in [-0.39, 0.29) is 23.9 Å². The first-order valence-electron chi connectivity index (χ1n) is 7.77. The molecule has 2 aromatic rings. The number of carbonyl (C=O) groups excluding carboxylic acids is 1. The quantitative estimate of drug-likeness (QED) is 0.736. The van der Waals surface area contributed by atoms with Crippen LogP contribution in [0.5, 0.6) is 28.7 Å². The van der Waals surface area contributed by atoms with Crippen molar-refractivity contribution >= 4 is 5.78 Å². The van der Waals surface area contributed by atoms with E-state index in [9.17, 15) is 10.1 Å². The molecular formula is C19H17NO6. The average Bonchev–Trinajstić information content (AvgIpc) is 3.15. The minimum atomic E-state index is -1.01. The molecule has 0 N–H and O–H groups in total. The van der Waals surface area contributed by atoms with E-state index in [0.717, 1.165) is 0 Å². The molecule has 3 rings (SSSR count). The van der Waals surface area contributed by atoms with Crippen molar-refractivity contribution in [3.63, 3.8) is 0 Å². The Hall–Kier alpha value is -3.40. The maximum atomic E-state index is 13.1. The largest absolute Gasteiger partial charge is 0.497 e. The third-order valence-electron chi connectivity index (χ3n) is 4.09. The van der Waals surface area contributed by atoms with Gasteiger partial charge in [0.25, 0.3) is 0 Å². The minimum absolute atomic E-state index is 0.0205. The van der Waals surface area contributed by atoms with Gasteiger partial charge in [-0.2, -0.15) is 5.26 Å². The molecule has 0 aliphatic carbocycles. The van der Waals surface area contributed by atoms with Crippen molar-refractivity contribution in [2.75, 3.05) is 28.1 Å². The number of Topliss-reactive ketones (excluding diaryl/α,β-unsaturated/α-hetero) is 1. The van der Waals surface area contributed by atoms with Crippen LogP contribution >= 0.6 is 0 Å². The lowest BCUT2D eigenvalue weighted by Gasteiger charge is -2.16. The number of ether oxygens (including phenoxy) is 5. The highest BCUT2D eigenvalue weighted by Gasteiger charge is 2.32. The molecule has 1 atom stereocenters. The molecule has 2 aromatic carbocycles. The van der Waals surface area contributed by atoms with Crippen LogP contribution in [0.3, 0.4) is 0 Å². The summed E-state index contributed by atoms with van der Waals surface area (Å²) in [5.74, 6) is 0.412. The van der Waals surface area contributed by atoms with Crippen LogP contribution in [0.2, 0.25) is 0 Å². The predicted octanol–water partition coefficient (Wildman–Crippen LogP) is 2.93. The summed E-state index contributed by atoms with van der Waals surface area (Å²) in [6.45, 7) is 0.0205. The van der Waals surface area contributed by atoms with E-state index < -0.39 is 11.7 Å². The van der Waals surface area contributed by atoms with E-state index in [2.05, 4.69) is 6.07 Å². The second-order valence-electron chi connectivity index (χ2n) is 5.42. The third kappa shape index (κ3) is 2.86. The molecule has 0 bridgehead atoms. The number of nitrogens with zero attached hydrogens (tertiary/aromatic N) is 1. The van der Waals surface area contributed by atoms with Crippen LogP contribution in [0.1, 0.15) is 21.8 Å². The highest BCUT2D eigenvalue weighted by atomic mass is 16.7. The summed E-state index contributed by atoms with van der Waals surface area (Å²) in [6, 6.07) is 10.3. The lowest BCUT2D eigenvalue weighted by atomic mass is 9.91. The summed E-state index contributed by atoms with van der Waals surface area (Å²) < 4.78 is 26.6. The topological polar surface area (TPSA) is 87.0 Å². The van der Waals surface area contributed by atoms with Crippen LogP contribution < -0.4 is 23.7 Å². The first-order chi connectivity index (χ1) is 12.6. The molecule has 26 heavy (non-hydrogen) atoms. The zero-order valence-corrected chi connectivity index (χ0v) is 14.6. The van der Waals surface area contributed by atoms with Crippen molar-refractivity contribution in [2.45, 2.75) is 5.92 Å². The monoisotopic (exact) mass is 355 g/mol. The Balaban J connectivity index is 2.06. The van der Waals surface area contributed by atoms with Crippen LogP contribution in [0.4, 0.5) is 0 Å². The second kappa shape index (κ2) is 7.23. The first kappa shape index (κ1) is 17.4. The number of carbonyl (C=O) groups is 1. The van der Waals surface area contributed by atoms with Crippen LogP contribution in [-0.2, 0) is 0 Å². The van der Waals surface area contributed by atoms with E-state index in [1.54, 1.807) is 31.4 Å². The van der Waals surface area contributed by atoms with E-state index in [0.29, 0.717) is 22.8 Å². The number of hydrogen-bond acceptors (Lipinski definition) is 7. The highest BCUT2D eigenvalue weighted by molar-refractivity contribution is 6.06. The SMILES string of the molecule is COc1ccc(C(C#N)C(=O)c2cc3c(c(OC)c2OC)OCO3)cc1.